The molecule has 0 N–H and O–H groups in total. The minimum absolute atomic E-state index is 0.391. The van der Waals surface area contributed by atoms with E-state index in [2.05, 4.69) is 20.8 Å². The second kappa shape index (κ2) is 2.96. The van der Waals surface area contributed by atoms with Crippen molar-refractivity contribution in [1.82, 2.24) is 0 Å². The van der Waals surface area contributed by atoms with E-state index < -0.39 is 0 Å². The molecule has 0 radical (unpaired) electrons. The van der Waals surface area contributed by atoms with Crippen LogP contribution in [-0.2, 0) is 4.79 Å². The zero-order valence-electron chi connectivity index (χ0n) is 7.76. The van der Waals surface area contributed by atoms with Crippen molar-refractivity contribution in [2.45, 2.75) is 40.0 Å². The second-order valence-electron chi connectivity index (χ2n) is 5.00. The van der Waals surface area contributed by atoms with E-state index in [9.17, 15) is 4.79 Å². The molecule has 11 heavy (non-hydrogen) atoms. The van der Waals surface area contributed by atoms with E-state index >= 15 is 0 Å². The third-order valence-electron chi connectivity index (χ3n) is 2.37. The van der Waals surface area contributed by atoms with Crippen molar-refractivity contribution in [3.05, 3.63) is 0 Å². The molecule has 64 valence electrons. The molecule has 0 atom stereocenters. The van der Waals surface area contributed by atoms with Gasteiger partial charge in [-0.3, -0.25) is 0 Å². The normalized spacial score (nSPS) is 31.2. The summed E-state index contributed by atoms with van der Waals surface area (Å²) in [6.07, 6.45) is 4.66. The summed E-state index contributed by atoms with van der Waals surface area (Å²) in [6.45, 7) is 6.80. The van der Waals surface area contributed by atoms with Gasteiger partial charge >= 0.3 is 0 Å². The molecule has 0 aromatic heterocycles. The van der Waals surface area contributed by atoms with Crippen LogP contribution in [-0.4, -0.2) is 6.29 Å². The molecule has 0 heterocycles. The van der Waals surface area contributed by atoms with E-state index in [0.29, 0.717) is 11.3 Å². The van der Waals surface area contributed by atoms with Gasteiger partial charge in [0.05, 0.1) is 0 Å². The number of aldehydes is 1. The van der Waals surface area contributed by atoms with Crippen LogP contribution in [0.2, 0.25) is 0 Å². The van der Waals surface area contributed by atoms with Crippen molar-refractivity contribution in [2.75, 3.05) is 0 Å². The smallest absolute Gasteiger partial charge is 0.123 e. The van der Waals surface area contributed by atoms with Gasteiger partial charge in [-0.2, -0.15) is 0 Å². The first kappa shape index (κ1) is 8.76. The standard InChI is InChI=1S/C10H18O/c1-10(2,3)6-8-4-9(5-8)7-11/h7-9H,4-6H2,1-3H3/t8-,9+. The van der Waals surface area contributed by atoms with Gasteiger partial charge in [-0.15, -0.1) is 0 Å². The lowest BCUT2D eigenvalue weighted by atomic mass is 9.69. The molecule has 1 saturated carbocycles. The van der Waals surface area contributed by atoms with Crippen molar-refractivity contribution in [1.29, 1.82) is 0 Å². The van der Waals surface area contributed by atoms with Crippen molar-refractivity contribution >= 4 is 6.29 Å². The lowest BCUT2D eigenvalue weighted by Gasteiger charge is -2.36. The van der Waals surface area contributed by atoms with Crippen LogP contribution in [0.4, 0.5) is 0 Å². The molecule has 0 amide bonds. The van der Waals surface area contributed by atoms with Gasteiger partial charge in [0, 0.05) is 5.92 Å². The van der Waals surface area contributed by atoms with E-state index in [4.69, 9.17) is 0 Å². The fourth-order valence-corrected chi connectivity index (χ4v) is 1.93. The topological polar surface area (TPSA) is 17.1 Å². The molecule has 0 aromatic rings. The van der Waals surface area contributed by atoms with Crippen molar-refractivity contribution < 1.29 is 4.79 Å². The third-order valence-corrected chi connectivity index (χ3v) is 2.37. The minimum Gasteiger partial charge on any atom is -0.303 e. The Hall–Kier alpha value is -0.330. The molecular formula is C10H18O. The molecule has 1 aliphatic carbocycles. The van der Waals surface area contributed by atoms with Crippen LogP contribution in [0.5, 0.6) is 0 Å². The average Bonchev–Trinajstić information content (AvgIpc) is 1.75. The molecule has 1 nitrogen and oxygen atoms in total. The summed E-state index contributed by atoms with van der Waals surface area (Å²) in [5.41, 5.74) is 0.443. The monoisotopic (exact) mass is 154 g/mol. The van der Waals surface area contributed by atoms with Crippen molar-refractivity contribution in [2.24, 2.45) is 17.3 Å². The first-order chi connectivity index (χ1) is 5.01. The van der Waals surface area contributed by atoms with Crippen LogP contribution in [0.25, 0.3) is 0 Å². The van der Waals surface area contributed by atoms with Crippen molar-refractivity contribution in [3.63, 3.8) is 0 Å². The Labute approximate surface area is 69.2 Å². The molecule has 0 saturated heterocycles. The summed E-state index contributed by atoms with van der Waals surface area (Å²) in [5, 5.41) is 0. The Morgan fingerprint density at radius 1 is 1.36 bits per heavy atom. The van der Waals surface area contributed by atoms with E-state index in [1.807, 2.05) is 0 Å². The molecule has 0 unspecified atom stereocenters. The Morgan fingerprint density at radius 3 is 2.27 bits per heavy atom. The molecule has 0 aliphatic heterocycles. The molecule has 0 bridgehead atoms. The van der Waals surface area contributed by atoms with Gasteiger partial charge in [0.2, 0.25) is 0 Å². The molecule has 1 heteroatoms. The Bertz CT molecular complexity index is 137. The highest BCUT2D eigenvalue weighted by atomic mass is 16.1. The Kier molecular flexibility index (Phi) is 2.36. The minimum atomic E-state index is 0.391. The average molecular weight is 154 g/mol. The highest BCUT2D eigenvalue weighted by Crippen LogP contribution is 2.39. The molecule has 1 aliphatic rings. The number of hydrogen-bond donors (Lipinski definition) is 0. The lowest BCUT2D eigenvalue weighted by Crippen LogP contribution is -2.28. The first-order valence-electron chi connectivity index (χ1n) is 4.46. The molecular weight excluding hydrogens is 136 g/mol. The highest BCUT2D eigenvalue weighted by molar-refractivity contribution is 5.54. The molecule has 0 spiro atoms. The van der Waals surface area contributed by atoms with E-state index in [1.165, 1.54) is 6.42 Å². The maximum atomic E-state index is 10.3. The van der Waals surface area contributed by atoms with E-state index in [1.54, 1.807) is 0 Å². The van der Waals surface area contributed by atoms with Gasteiger partial charge in [0.25, 0.3) is 0 Å². The Morgan fingerprint density at radius 2 is 1.91 bits per heavy atom. The zero-order chi connectivity index (χ0) is 8.48. The maximum absolute atomic E-state index is 10.3. The highest BCUT2D eigenvalue weighted by Gasteiger charge is 2.31. The van der Waals surface area contributed by atoms with Gasteiger partial charge in [-0.1, -0.05) is 20.8 Å². The molecule has 1 rings (SSSR count). The summed E-state index contributed by atoms with van der Waals surface area (Å²) in [6, 6.07) is 0. The first-order valence-corrected chi connectivity index (χ1v) is 4.46. The summed E-state index contributed by atoms with van der Waals surface area (Å²) < 4.78 is 0. The number of hydrogen-bond acceptors (Lipinski definition) is 1. The molecule has 1 fully saturated rings. The van der Waals surface area contributed by atoms with Crippen LogP contribution >= 0.6 is 0 Å². The van der Waals surface area contributed by atoms with Gasteiger partial charge in [0.1, 0.15) is 6.29 Å². The zero-order valence-corrected chi connectivity index (χ0v) is 7.76. The summed E-state index contributed by atoms with van der Waals surface area (Å²) >= 11 is 0. The SMILES string of the molecule is CC(C)(C)C[C@H]1C[C@@H](C=O)C1. The predicted octanol–water partition coefficient (Wildman–Crippen LogP) is 2.65. The van der Waals surface area contributed by atoms with E-state index in [-0.39, 0.29) is 0 Å². The van der Waals surface area contributed by atoms with Gasteiger partial charge < -0.3 is 4.79 Å². The fraction of sp³-hybridized carbons (Fsp3) is 0.900. The summed E-state index contributed by atoms with van der Waals surface area (Å²) in [4.78, 5) is 10.3. The fourth-order valence-electron chi connectivity index (χ4n) is 1.93. The predicted molar refractivity (Wildman–Crippen MR) is 46.4 cm³/mol. The van der Waals surface area contributed by atoms with Gasteiger partial charge in [-0.05, 0) is 30.6 Å². The van der Waals surface area contributed by atoms with Crippen LogP contribution in [0.1, 0.15) is 40.0 Å². The van der Waals surface area contributed by atoms with Crippen LogP contribution < -0.4 is 0 Å². The van der Waals surface area contributed by atoms with Crippen LogP contribution in [0, 0.1) is 17.3 Å². The largest absolute Gasteiger partial charge is 0.303 e. The molecule has 0 aromatic carbocycles. The third kappa shape index (κ3) is 2.64. The number of carbonyl (C=O) groups excluding carboxylic acids is 1. The van der Waals surface area contributed by atoms with Crippen molar-refractivity contribution in [3.8, 4) is 0 Å². The Balaban J connectivity index is 2.18. The number of rotatable bonds is 2. The second-order valence-corrected chi connectivity index (χ2v) is 5.00. The van der Waals surface area contributed by atoms with Gasteiger partial charge in [0.15, 0.2) is 0 Å². The van der Waals surface area contributed by atoms with E-state index in [0.717, 1.165) is 25.0 Å². The summed E-state index contributed by atoms with van der Waals surface area (Å²) in [7, 11) is 0. The maximum Gasteiger partial charge on any atom is 0.123 e. The lowest BCUT2D eigenvalue weighted by molar-refractivity contribution is -0.115. The number of carbonyl (C=O) groups is 1. The van der Waals surface area contributed by atoms with Crippen LogP contribution in [0.3, 0.4) is 0 Å². The quantitative estimate of drug-likeness (QED) is 0.559. The van der Waals surface area contributed by atoms with Crippen LogP contribution in [0.15, 0.2) is 0 Å². The van der Waals surface area contributed by atoms with Gasteiger partial charge in [-0.25, -0.2) is 0 Å². The summed E-state index contributed by atoms with van der Waals surface area (Å²) in [5.74, 6) is 1.22.